The Bertz CT molecular complexity index is 468. The Kier molecular flexibility index (Phi) is 5.25. The lowest BCUT2D eigenvalue weighted by Gasteiger charge is -2.28. The Morgan fingerprint density at radius 3 is 2.86 bits per heavy atom. The molecule has 0 unspecified atom stereocenters. The van der Waals surface area contributed by atoms with Crippen molar-refractivity contribution >= 4 is 0 Å². The van der Waals surface area contributed by atoms with Gasteiger partial charge < -0.3 is 14.6 Å². The van der Waals surface area contributed by atoms with Crippen molar-refractivity contribution in [2.75, 3.05) is 46.5 Å². The molecule has 0 bridgehead atoms. The lowest BCUT2D eigenvalue weighted by molar-refractivity contribution is 0.0837. The molecule has 2 saturated heterocycles. The summed E-state index contributed by atoms with van der Waals surface area (Å²) in [4.78, 5) is 9.09. The zero-order valence-corrected chi connectivity index (χ0v) is 13.1. The number of rotatable bonds is 4. The fourth-order valence-electron chi connectivity index (χ4n) is 3.24. The van der Waals surface area contributed by atoms with Crippen LogP contribution in [0.2, 0.25) is 0 Å². The maximum Gasteiger partial charge on any atom is 0.212 e. The molecule has 0 radical (unpaired) electrons. The van der Waals surface area contributed by atoms with Crippen LogP contribution in [0.25, 0.3) is 0 Å². The first-order valence-corrected chi connectivity index (χ1v) is 7.97. The van der Waals surface area contributed by atoms with Crippen LogP contribution in [0.5, 0.6) is 5.88 Å². The van der Waals surface area contributed by atoms with Crippen LogP contribution in [0.4, 0.5) is 0 Å². The van der Waals surface area contributed by atoms with Crippen molar-refractivity contribution in [1.82, 2.24) is 14.8 Å². The Labute approximate surface area is 131 Å². The molecule has 0 spiro atoms. The van der Waals surface area contributed by atoms with Gasteiger partial charge in [-0.2, -0.15) is 0 Å². The fourth-order valence-corrected chi connectivity index (χ4v) is 3.24. The van der Waals surface area contributed by atoms with E-state index in [2.05, 4.69) is 20.9 Å². The van der Waals surface area contributed by atoms with Gasteiger partial charge in [-0.05, 0) is 25.1 Å². The van der Waals surface area contributed by atoms with Gasteiger partial charge >= 0.3 is 0 Å². The molecule has 2 atom stereocenters. The largest absolute Gasteiger partial charge is 0.481 e. The number of aromatic nitrogens is 1. The summed E-state index contributed by atoms with van der Waals surface area (Å²) < 4.78 is 10.5. The highest BCUT2D eigenvalue weighted by Crippen LogP contribution is 2.17. The highest BCUT2D eigenvalue weighted by Gasteiger charge is 2.32. The van der Waals surface area contributed by atoms with Crippen LogP contribution < -0.4 is 4.74 Å². The lowest BCUT2D eigenvalue weighted by atomic mass is 10.2. The number of aliphatic hydroxyl groups excluding tert-OH is 1. The number of hydrogen-bond acceptors (Lipinski definition) is 6. The molecule has 2 fully saturated rings. The van der Waals surface area contributed by atoms with Crippen LogP contribution in [0, 0.1) is 0 Å². The first-order valence-electron chi connectivity index (χ1n) is 7.97. The zero-order valence-electron chi connectivity index (χ0n) is 13.1. The summed E-state index contributed by atoms with van der Waals surface area (Å²) in [5, 5.41) is 9.98. The van der Waals surface area contributed by atoms with Gasteiger partial charge in [0.2, 0.25) is 5.88 Å². The standard InChI is InChI=1S/C16H25N3O3/c1-21-16-4-3-13(9-17-16)10-18-5-2-6-19(8-7-18)14-11-22-12-15(14)20/h3-4,9,14-15,20H,2,5-8,10-12H2,1H3/t14-,15-/m1/s1. The van der Waals surface area contributed by atoms with Gasteiger partial charge in [-0.1, -0.05) is 6.07 Å². The van der Waals surface area contributed by atoms with Gasteiger partial charge in [-0.3, -0.25) is 9.80 Å². The van der Waals surface area contributed by atoms with E-state index in [1.807, 2.05) is 12.3 Å². The van der Waals surface area contributed by atoms with Gasteiger partial charge in [-0.15, -0.1) is 0 Å². The van der Waals surface area contributed by atoms with E-state index >= 15 is 0 Å². The highest BCUT2D eigenvalue weighted by atomic mass is 16.5. The Morgan fingerprint density at radius 2 is 2.18 bits per heavy atom. The summed E-state index contributed by atoms with van der Waals surface area (Å²) in [7, 11) is 1.63. The average molecular weight is 307 g/mol. The minimum Gasteiger partial charge on any atom is -0.481 e. The third-order valence-corrected chi connectivity index (χ3v) is 4.53. The minimum absolute atomic E-state index is 0.169. The summed E-state index contributed by atoms with van der Waals surface area (Å²) >= 11 is 0. The second-order valence-electron chi connectivity index (χ2n) is 6.05. The number of hydrogen-bond donors (Lipinski definition) is 1. The molecule has 1 aromatic rings. The summed E-state index contributed by atoms with van der Waals surface area (Å²) in [6.45, 7) is 6.14. The smallest absolute Gasteiger partial charge is 0.212 e. The van der Waals surface area contributed by atoms with E-state index in [0.717, 1.165) is 39.1 Å². The van der Waals surface area contributed by atoms with Crippen LogP contribution in [0.1, 0.15) is 12.0 Å². The number of methoxy groups -OCH3 is 1. The number of pyridine rings is 1. The van der Waals surface area contributed by atoms with E-state index in [-0.39, 0.29) is 12.1 Å². The molecule has 122 valence electrons. The van der Waals surface area contributed by atoms with Crippen molar-refractivity contribution < 1.29 is 14.6 Å². The monoisotopic (exact) mass is 307 g/mol. The minimum atomic E-state index is -0.336. The van der Waals surface area contributed by atoms with E-state index in [0.29, 0.717) is 19.1 Å². The van der Waals surface area contributed by atoms with Crippen molar-refractivity contribution in [2.24, 2.45) is 0 Å². The lowest BCUT2D eigenvalue weighted by Crippen LogP contribution is -2.44. The summed E-state index contributed by atoms with van der Waals surface area (Å²) in [6, 6.07) is 4.15. The highest BCUT2D eigenvalue weighted by molar-refractivity contribution is 5.17. The number of aliphatic hydroxyl groups is 1. The molecule has 2 aliphatic heterocycles. The van der Waals surface area contributed by atoms with Gasteiger partial charge in [0, 0.05) is 31.9 Å². The van der Waals surface area contributed by atoms with Crippen LogP contribution in [-0.4, -0.2) is 78.5 Å². The van der Waals surface area contributed by atoms with Crippen LogP contribution >= 0.6 is 0 Å². The molecule has 22 heavy (non-hydrogen) atoms. The van der Waals surface area contributed by atoms with Gasteiger partial charge in [0.1, 0.15) is 0 Å². The predicted octanol–water partition coefficient (Wildman–Crippen LogP) is 0.358. The first kappa shape index (κ1) is 15.7. The van der Waals surface area contributed by atoms with Gasteiger partial charge in [0.15, 0.2) is 0 Å². The van der Waals surface area contributed by atoms with Crippen molar-refractivity contribution in [1.29, 1.82) is 0 Å². The van der Waals surface area contributed by atoms with E-state index in [4.69, 9.17) is 9.47 Å². The summed E-state index contributed by atoms with van der Waals surface area (Å²) in [5.74, 6) is 0.654. The normalized spacial score (nSPS) is 27.7. The average Bonchev–Trinajstić information content (AvgIpc) is 2.83. The van der Waals surface area contributed by atoms with E-state index < -0.39 is 0 Å². The molecule has 6 nitrogen and oxygen atoms in total. The molecule has 0 saturated carbocycles. The molecule has 2 aliphatic rings. The van der Waals surface area contributed by atoms with E-state index in [1.54, 1.807) is 7.11 Å². The third kappa shape index (κ3) is 3.76. The molecule has 1 N–H and O–H groups in total. The molecular weight excluding hydrogens is 282 g/mol. The second kappa shape index (κ2) is 7.37. The van der Waals surface area contributed by atoms with Crippen molar-refractivity contribution in [3.05, 3.63) is 23.9 Å². The molecule has 3 heterocycles. The SMILES string of the molecule is COc1ccc(CN2CCCN([C@@H]3COC[C@H]3O)CC2)cn1. The predicted molar refractivity (Wildman–Crippen MR) is 82.9 cm³/mol. The summed E-state index contributed by atoms with van der Waals surface area (Å²) in [6.07, 6.45) is 2.67. The van der Waals surface area contributed by atoms with Crippen molar-refractivity contribution in [3.63, 3.8) is 0 Å². The zero-order chi connectivity index (χ0) is 15.4. The number of nitrogens with zero attached hydrogens (tertiary/aromatic N) is 3. The molecular formula is C16H25N3O3. The van der Waals surface area contributed by atoms with E-state index in [9.17, 15) is 5.11 Å². The first-order chi connectivity index (χ1) is 10.8. The van der Waals surface area contributed by atoms with Gasteiger partial charge in [-0.25, -0.2) is 4.98 Å². The maximum absolute atomic E-state index is 9.98. The summed E-state index contributed by atoms with van der Waals surface area (Å²) in [5.41, 5.74) is 1.21. The molecule has 3 rings (SSSR count). The Morgan fingerprint density at radius 1 is 1.27 bits per heavy atom. The molecule has 0 amide bonds. The Hall–Kier alpha value is -1.21. The van der Waals surface area contributed by atoms with Crippen LogP contribution in [0.15, 0.2) is 18.3 Å². The third-order valence-electron chi connectivity index (χ3n) is 4.53. The van der Waals surface area contributed by atoms with Gasteiger partial charge in [0.25, 0.3) is 0 Å². The van der Waals surface area contributed by atoms with Crippen molar-refractivity contribution in [2.45, 2.75) is 25.1 Å². The molecule has 0 aromatic carbocycles. The van der Waals surface area contributed by atoms with Gasteiger partial charge in [0.05, 0.1) is 32.5 Å². The van der Waals surface area contributed by atoms with E-state index in [1.165, 1.54) is 5.56 Å². The van der Waals surface area contributed by atoms with Crippen LogP contribution in [-0.2, 0) is 11.3 Å². The molecule has 1 aromatic heterocycles. The molecule has 0 aliphatic carbocycles. The number of ether oxygens (including phenoxy) is 2. The Balaban J connectivity index is 1.53. The quantitative estimate of drug-likeness (QED) is 0.867. The van der Waals surface area contributed by atoms with Crippen molar-refractivity contribution in [3.8, 4) is 5.88 Å². The fraction of sp³-hybridized carbons (Fsp3) is 0.688. The topological polar surface area (TPSA) is 58.1 Å². The van der Waals surface area contributed by atoms with Crippen LogP contribution in [0.3, 0.4) is 0 Å². The second-order valence-corrected chi connectivity index (χ2v) is 6.05. The maximum atomic E-state index is 9.98. The molecule has 6 heteroatoms.